The highest BCUT2D eigenvalue weighted by atomic mass is 35.5. The van der Waals surface area contributed by atoms with Gasteiger partial charge in [-0.15, -0.1) is 5.10 Å². The van der Waals surface area contributed by atoms with Crippen LogP contribution in [0.2, 0.25) is 5.02 Å². The monoisotopic (exact) mass is 263 g/mol. The Morgan fingerprint density at radius 1 is 1.39 bits per heavy atom. The first-order chi connectivity index (χ1) is 8.66. The van der Waals surface area contributed by atoms with Gasteiger partial charge in [-0.3, -0.25) is 0 Å². The molecule has 1 unspecified atom stereocenters. The molecule has 3 rings (SSSR count). The van der Waals surface area contributed by atoms with Crippen LogP contribution in [0, 0.1) is 0 Å². The Balaban J connectivity index is 2.00. The molecule has 1 aromatic carbocycles. The minimum atomic E-state index is -1.02. The Kier molecular flexibility index (Phi) is 2.56. The van der Waals surface area contributed by atoms with Crippen LogP contribution in [0.4, 0.5) is 0 Å². The molecule has 0 bridgehead atoms. The summed E-state index contributed by atoms with van der Waals surface area (Å²) in [4.78, 5) is 11.0. The Hall–Kier alpha value is -1.88. The van der Waals surface area contributed by atoms with E-state index in [2.05, 4.69) is 10.3 Å². The molecule has 2 heterocycles. The highest BCUT2D eigenvalue weighted by Gasteiger charge is 2.30. The predicted molar refractivity (Wildman–Crippen MR) is 64.9 cm³/mol. The summed E-state index contributed by atoms with van der Waals surface area (Å²) in [6.07, 6.45) is 1.52. The van der Waals surface area contributed by atoms with Crippen molar-refractivity contribution in [3.63, 3.8) is 0 Å². The molecule has 0 radical (unpaired) electrons. The lowest BCUT2D eigenvalue weighted by Crippen LogP contribution is -2.07. The molecule has 0 aliphatic carbocycles. The van der Waals surface area contributed by atoms with Gasteiger partial charge in [-0.25, -0.2) is 9.48 Å². The van der Waals surface area contributed by atoms with E-state index in [1.807, 2.05) is 24.3 Å². The van der Waals surface area contributed by atoms with E-state index >= 15 is 0 Å². The molecule has 0 saturated carbocycles. The molecule has 6 heteroatoms. The van der Waals surface area contributed by atoms with Crippen LogP contribution in [0.25, 0.3) is 0 Å². The Labute approximate surface area is 108 Å². The molecular weight excluding hydrogens is 254 g/mol. The molecule has 0 spiro atoms. The van der Waals surface area contributed by atoms with Crippen molar-refractivity contribution in [3.05, 3.63) is 46.2 Å². The van der Waals surface area contributed by atoms with E-state index in [1.165, 1.54) is 0 Å². The van der Waals surface area contributed by atoms with Gasteiger partial charge >= 0.3 is 5.97 Å². The number of nitrogens with zero attached hydrogens (tertiary/aromatic N) is 3. The molecule has 1 aromatic heterocycles. The number of halogens is 1. The molecule has 1 aliphatic rings. The van der Waals surface area contributed by atoms with Gasteiger partial charge in [-0.2, -0.15) is 0 Å². The van der Waals surface area contributed by atoms with Crippen LogP contribution in [-0.2, 0) is 6.42 Å². The van der Waals surface area contributed by atoms with E-state index in [-0.39, 0.29) is 11.7 Å². The van der Waals surface area contributed by atoms with Crippen LogP contribution < -0.4 is 0 Å². The first-order valence-electron chi connectivity index (χ1n) is 5.59. The largest absolute Gasteiger partial charge is 0.476 e. The first kappa shape index (κ1) is 11.2. The smallest absolute Gasteiger partial charge is 0.358 e. The van der Waals surface area contributed by atoms with Crippen LogP contribution in [0.5, 0.6) is 0 Å². The summed E-state index contributed by atoms with van der Waals surface area (Å²) in [5.41, 5.74) is 1.83. The Morgan fingerprint density at radius 2 is 2.11 bits per heavy atom. The average molecular weight is 264 g/mol. The molecule has 5 nitrogen and oxygen atoms in total. The van der Waals surface area contributed by atoms with E-state index in [0.29, 0.717) is 17.1 Å². The number of benzene rings is 1. The standard InChI is InChI=1S/C12H10ClN3O2/c13-8-3-1-7(2-4-8)9-5-6-10-11(12(17)18)14-15-16(9)10/h1-4,9H,5-6H2,(H,17,18). The quantitative estimate of drug-likeness (QED) is 0.902. The lowest BCUT2D eigenvalue weighted by molar-refractivity contribution is 0.0689. The second-order valence-electron chi connectivity index (χ2n) is 4.24. The first-order valence-corrected chi connectivity index (χ1v) is 5.97. The molecule has 1 N–H and O–H groups in total. The zero-order chi connectivity index (χ0) is 12.7. The molecular formula is C12H10ClN3O2. The number of aromatic carboxylic acids is 1. The molecule has 0 saturated heterocycles. The summed E-state index contributed by atoms with van der Waals surface area (Å²) >= 11 is 5.85. The summed E-state index contributed by atoms with van der Waals surface area (Å²) in [5, 5.41) is 17.3. The van der Waals surface area contributed by atoms with E-state index in [0.717, 1.165) is 12.0 Å². The highest BCUT2D eigenvalue weighted by Crippen LogP contribution is 2.32. The zero-order valence-electron chi connectivity index (χ0n) is 9.38. The number of carboxylic acid groups (broad SMARTS) is 1. The number of hydrogen-bond donors (Lipinski definition) is 1. The van der Waals surface area contributed by atoms with Crippen LogP contribution >= 0.6 is 11.6 Å². The van der Waals surface area contributed by atoms with Crippen molar-refractivity contribution in [2.45, 2.75) is 18.9 Å². The van der Waals surface area contributed by atoms with E-state index < -0.39 is 5.97 Å². The highest BCUT2D eigenvalue weighted by molar-refractivity contribution is 6.30. The number of aromatic nitrogens is 3. The fourth-order valence-electron chi connectivity index (χ4n) is 2.35. The maximum atomic E-state index is 11.0. The van der Waals surface area contributed by atoms with Gasteiger partial charge < -0.3 is 5.11 Å². The van der Waals surface area contributed by atoms with Crippen molar-refractivity contribution >= 4 is 17.6 Å². The third kappa shape index (κ3) is 1.67. The normalized spacial score (nSPS) is 17.7. The topological polar surface area (TPSA) is 68.0 Å². The second kappa shape index (κ2) is 4.10. The van der Waals surface area contributed by atoms with Crippen molar-refractivity contribution in [1.29, 1.82) is 0 Å². The lowest BCUT2D eigenvalue weighted by Gasteiger charge is -2.11. The summed E-state index contributed by atoms with van der Waals surface area (Å²) in [7, 11) is 0. The van der Waals surface area contributed by atoms with Crippen molar-refractivity contribution < 1.29 is 9.90 Å². The maximum Gasteiger partial charge on any atom is 0.358 e. The minimum absolute atomic E-state index is 0.0536. The van der Waals surface area contributed by atoms with Gasteiger partial charge in [0.2, 0.25) is 0 Å². The van der Waals surface area contributed by atoms with Crippen molar-refractivity contribution in [2.75, 3.05) is 0 Å². The Morgan fingerprint density at radius 3 is 2.78 bits per heavy atom. The summed E-state index contributed by atoms with van der Waals surface area (Å²) in [6.45, 7) is 0. The van der Waals surface area contributed by atoms with Crippen LogP contribution in [0.15, 0.2) is 24.3 Å². The summed E-state index contributed by atoms with van der Waals surface area (Å²) < 4.78 is 1.70. The number of carbonyl (C=O) groups is 1. The minimum Gasteiger partial charge on any atom is -0.476 e. The van der Waals surface area contributed by atoms with Crippen molar-refractivity contribution in [1.82, 2.24) is 15.0 Å². The van der Waals surface area contributed by atoms with Crippen LogP contribution in [-0.4, -0.2) is 26.1 Å². The second-order valence-corrected chi connectivity index (χ2v) is 4.68. The van der Waals surface area contributed by atoms with E-state index in [1.54, 1.807) is 4.68 Å². The third-order valence-electron chi connectivity index (χ3n) is 3.20. The number of hydrogen-bond acceptors (Lipinski definition) is 3. The molecule has 0 amide bonds. The van der Waals surface area contributed by atoms with Crippen LogP contribution in [0.1, 0.15) is 34.2 Å². The molecule has 1 aliphatic heterocycles. The molecule has 0 fully saturated rings. The van der Waals surface area contributed by atoms with Gasteiger partial charge in [0.25, 0.3) is 0 Å². The van der Waals surface area contributed by atoms with Gasteiger partial charge in [0, 0.05) is 5.02 Å². The SMILES string of the molecule is O=C(O)c1nnn2c1CCC2c1ccc(Cl)cc1. The fourth-order valence-corrected chi connectivity index (χ4v) is 2.48. The fraction of sp³-hybridized carbons (Fsp3) is 0.250. The van der Waals surface area contributed by atoms with Gasteiger partial charge in [-0.05, 0) is 30.5 Å². The van der Waals surface area contributed by atoms with E-state index in [4.69, 9.17) is 16.7 Å². The maximum absolute atomic E-state index is 11.0. The average Bonchev–Trinajstić information content (AvgIpc) is 2.90. The number of fused-ring (bicyclic) bond motifs is 1. The zero-order valence-corrected chi connectivity index (χ0v) is 10.1. The molecule has 92 valence electrons. The van der Waals surface area contributed by atoms with Crippen molar-refractivity contribution in [3.8, 4) is 0 Å². The summed E-state index contributed by atoms with van der Waals surface area (Å²) in [5.74, 6) is -1.02. The number of rotatable bonds is 2. The van der Waals surface area contributed by atoms with Gasteiger partial charge in [-0.1, -0.05) is 28.9 Å². The van der Waals surface area contributed by atoms with Crippen LogP contribution in [0.3, 0.4) is 0 Å². The molecule has 2 aromatic rings. The van der Waals surface area contributed by atoms with E-state index in [9.17, 15) is 4.79 Å². The van der Waals surface area contributed by atoms with Gasteiger partial charge in [0.1, 0.15) is 0 Å². The van der Waals surface area contributed by atoms with Crippen molar-refractivity contribution in [2.24, 2.45) is 0 Å². The number of carboxylic acids is 1. The lowest BCUT2D eigenvalue weighted by atomic mass is 10.1. The molecule has 1 atom stereocenters. The van der Waals surface area contributed by atoms with Gasteiger partial charge in [0.05, 0.1) is 11.7 Å². The third-order valence-corrected chi connectivity index (χ3v) is 3.45. The summed E-state index contributed by atoms with van der Waals surface area (Å²) in [6, 6.07) is 7.57. The molecule has 18 heavy (non-hydrogen) atoms. The van der Waals surface area contributed by atoms with Gasteiger partial charge in [0.15, 0.2) is 5.69 Å². The predicted octanol–water partition coefficient (Wildman–Crippen LogP) is 2.17. The Bertz CT molecular complexity index is 606.